The standard InChI is InChI=1S/C20H16ClNO4/c1-12-15-10-14(6-8-17(15)22-20(12)25)18(23)11-26-19(24)9-7-13-4-2-3-5-16(13)21/h2-10,12H,11H2,1H3,(H,22,25)/b9-7+/t12-/m1/s1. The number of Topliss-reactive ketones (excluding diaryl/α,β-unsaturated/α-hetero) is 1. The van der Waals surface area contributed by atoms with Gasteiger partial charge in [0.15, 0.2) is 12.4 Å². The van der Waals surface area contributed by atoms with Crippen LogP contribution >= 0.6 is 11.6 Å². The fourth-order valence-corrected chi connectivity index (χ4v) is 2.83. The lowest BCUT2D eigenvalue weighted by atomic mass is 9.99. The molecule has 5 nitrogen and oxygen atoms in total. The van der Waals surface area contributed by atoms with Gasteiger partial charge in [0.2, 0.25) is 5.91 Å². The molecule has 0 spiro atoms. The van der Waals surface area contributed by atoms with Crippen molar-refractivity contribution in [3.63, 3.8) is 0 Å². The summed E-state index contributed by atoms with van der Waals surface area (Å²) in [6, 6.07) is 12.0. The van der Waals surface area contributed by atoms with E-state index < -0.39 is 5.97 Å². The summed E-state index contributed by atoms with van der Waals surface area (Å²) >= 11 is 6.00. The van der Waals surface area contributed by atoms with E-state index in [-0.39, 0.29) is 24.2 Å². The number of carbonyl (C=O) groups is 3. The van der Waals surface area contributed by atoms with Crippen LogP contribution in [0.25, 0.3) is 6.08 Å². The summed E-state index contributed by atoms with van der Waals surface area (Å²) in [4.78, 5) is 35.7. The second-order valence-electron chi connectivity index (χ2n) is 5.90. The summed E-state index contributed by atoms with van der Waals surface area (Å²) in [7, 11) is 0. The number of amides is 1. The molecule has 1 N–H and O–H groups in total. The van der Waals surface area contributed by atoms with Gasteiger partial charge in [-0.05, 0) is 48.4 Å². The molecule has 0 aromatic heterocycles. The Morgan fingerprint density at radius 3 is 2.77 bits per heavy atom. The predicted octanol–water partition coefficient (Wildman–Crippen LogP) is 3.83. The first-order valence-corrected chi connectivity index (χ1v) is 8.41. The highest BCUT2D eigenvalue weighted by Crippen LogP contribution is 2.32. The first-order chi connectivity index (χ1) is 12.5. The van der Waals surface area contributed by atoms with Crippen LogP contribution in [-0.2, 0) is 14.3 Å². The Kier molecular flexibility index (Phi) is 5.19. The van der Waals surface area contributed by atoms with Crippen LogP contribution in [0.5, 0.6) is 0 Å². The summed E-state index contributed by atoms with van der Waals surface area (Å²) < 4.78 is 4.99. The number of rotatable bonds is 5. The number of esters is 1. The van der Waals surface area contributed by atoms with Gasteiger partial charge in [-0.3, -0.25) is 9.59 Å². The highest BCUT2D eigenvalue weighted by atomic mass is 35.5. The smallest absolute Gasteiger partial charge is 0.331 e. The van der Waals surface area contributed by atoms with Crippen molar-refractivity contribution in [1.29, 1.82) is 0 Å². The molecule has 0 bridgehead atoms. The number of anilines is 1. The molecule has 132 valence electrons. The molecule has 1 amide bonds. The average Bonchev–Trinajstić information content (AvgIpc) is 2.92. The summed E-state index contributed by atoms with van der Waals surface area (Å²) in [5.74, 6) is -1.37. The number of benzene rings is 2. The molecule has 1 aliphatic rings. The van der Waals surface area contributed by atoms with Gasteiger partial charge in [-0.2, -0.15) is 0 Å². The van der Waals surface area contributed by atoms with Crippen LogP contribution in [-0.4, -0.2) is 24.3 Å². The molecule has 0 fully saturated rings. The number of hydrogen-bond acceptors (Lipinski definition) is 4. The number of nitrogens with one attached hydrogen (secondary N) is 1. The lowest BCUT2D eigenvalue weighted by molar-refractivity contribution is -0.136. The predicted molar refractivity (Wildman–Crippen MR) is 99.3 cm³/mol. The number of ether oxygens (including phenoxy) is 1. The highest BCUT2D eigenvalue weighted by Gasteiger charge is 2.27. The van der Waals surface area contributed by atoms with E-state index in [0.29, 0.717) is 21.8 Å². The average molecular weight is 370 g/mol. The fourth-order valence-electron chi connectivity index (χ4n) is 2.63. The van der Waals surface area contributed by atoms with Crippen molar-refractivity contribution >= 4 is 41.0 Å². The van der Waals surface area contributed by atoms with Crippen LogP contribution in [0.3, 0.4) is 0 Å². The number of hydrogen-bond donors (Lipinski definition) is 1. The molecule has 0 unspecified atom stereocenters. The van der Waals surface area contributed by atoms with Gasteiger partial charge in [0.1, 0.15) is 0 Å². The van der Waals surface area contributed by atoms with Crippen LogP contribution in [0.1, 0.15) is 34.3 Å². The minimum absolute atomic E-state index is 0.0965. The van der Waals surface area contributed by atoms with Crippen molar-refractivity contribution in [2.45, 2.75) is 12.8 Å². The Labute approximate surface area is 155 Å². The minimum atomic E-state index is -0.635. The lowest BCUT2D eigenvalue weighted by Crippen LogP contribution is -2.13. The second-order valence-corrected chi connectivity index (χ2v) is 6.31. The summed E-state index contributed by atoms with van der Waals surface area (Å²) in [6.45, 7) is 1.40. The van der Waals surface area contributed by atoms with E-state index in [2.05, 4.69) is 5.32 Å². The Bertz CT molecular complexity index is 920. The number of ketones is 1. The zero-order chi connectivity index (χ0) is 18.7. The maximum atomic E-state index is 12.2. The fraction of sp³-hybridized carbons (Fsp3) is 0.150. The van der Waals surface area contributed by atoms with E-state index in [1.165, 1.54) is 12.2 Å². The molecular formula is C20H16ClNO4. The van der Waals surface area contributed by atoms with Crippen LogP contribution < -0.4 is 5.32 Å². The zero-order valence-corrected chi connectivity index (χ0v) is 14.7. The molecule has 6 heteroatoms. The first kappa shape index (κ1) is 17.9. The third kappa shape index (κ3) is 3.83. The van der Waals surface area contributed by atoms with Gasteiger partial charge < -0.3 is 10.1 Å². The topological polar surface area (TPSA) is 72.5 Å². The van der Waals surface area contributed by atoms with Gasteiger partial charge in [0, 0.05) is 22.3 Å². The van der Waals surface area contributed by atoms with Gasteiger partial charge in [-0.15, -0.1) is 0 Å². The van der Waals surface area contributed by atoms with Crippen LogP contribution in [0.15, 0.2) is 48.5 Å². The second kappa shape index (κ2) is 7.54. The van der Waals surface area contributed by atoms with Crippen LogP contribution in [0.2, 0.25) is 5.02 Å². The lowest BCUT2D eigenvalue weighted by Gasteiger charge is -2.06. The first-order valence-electron chi connectivity index (χ1n) is 8.03. The Balaban J connectivity index is 1.60. The van der Waals surface area contributed by atoms with E-state index in [4.69, 9.17) is 16.3 Å². The van der Waals surface area contributed by atoms with E-state index in [1.54, 1.807) is 49.4 Å². The molecule has 3 rings (SSSR count). The van der Waals surface area contributed by atoms with Gasteiger partial charge in [0.05, 0.1) is 5.92 Å². The van der Waals surface area contributed by atoms with Gasteiger partial charge >= 0.3 is 5.97 Å². The Hall–Kier alpha value is -2.92. The minimum Gasteiger partial charge on any atom is -0.454 e. The van der Waals surface area contributed by atoms with Gasteiger partial charge in [-0.1, -0.05) is 29.8 Å². The summed E-state index contributed by atoms with van der Waals surface area (Å²) in [5, 5.41) is 3.26. The normalized spacial score (nSPS) is 15.6. The molecule has 0 saturated carbocycles. The van der Waals surface area contributed by atoms with E-state index in [0.717, 1.165) is 5.56 Å². The maximum Gasteiger partial charge on any atom is 0.331 e. The quantitative estimate of drug-likeness (QED) is 0.494. The molecular weight excluding hydrogens is 354 g/mol. The number of carbonyl (C=O) groups excluding carboxylic acids is 3. The van der Waals surface area contributed by atoms with E-state index in [9.17, 15) is 14.4 Å². The number of fused-ring (bicyclic) bond motifs is 1. The SMILES string of the molecule is C[C@H]1C(=O)Nc2ccc(C(=O)COC(=O)/C=C/c3ccccc3Cl)cc21. The highest BCUT2D eigenvalue weighted by molar-refractivity contribution is 6.32. The molecule has 1 aliphatic heterocycles. The van der Waals surface area contributed by atoms with E-state index >= 15 is 0 Å². The molecule has 26 heavy (non-hydrogen) atoms. The van der Waals surface area contributed by atoms with Crippen molar-refractivity contribution in [2.75, 3.05) is 11.9 Å². The molecule has 1 heterocycles. The third-order valence-electron chi connectivity index (χ3n) is 4.14. The third-order valence-corrected chi connectivity index (χ3v) is 4.49. The van der Waals surface area contributed by atoms with Crippen molar-refractivity contribution in [3.8, 4) is 0 Å². The molecule has 2 aromatic carbocycles. The Morgan fingerprint density at radius 2 is 2.00 bits per heavy atom. The monoisotopic (exact) mass is 369 g/mol. The van der Waals surface area contributed by atoms with Crippen molar-refractivity contribution in [2.24, 2.45) is 0 Å². The van der Waals surface area contributed by atoms with Crippen molar-refractivity contribution in [3.05, 3.63) is 70.3 Å². The van der Waals surface area contributed by atoms with Crippen molar-refractivity contribution < 1.29 is 19.1 Å². The van der Waals surface area contributed by atoms with Crippen LogP contribution in [0, 0.1) is 0 Å². The molecule has 0 radical (unpaired) electrons. The van der Waals surface area contributed by atoms with Crippen molar-refractivity contribution in [1.82, 2.24) is 0 Å². The molecule has 1 atom stereocenters. The molecule has 0 aliphatic carbocycles. The summed E-state index contributed by atoms with van der Waals surface area (Å²) in [5.41, 5.74) is 2.56. The zero-order valence-electron chi connectivity index (χ0n) is 14.0. The van der Waals surface area contributed by atoms with E-state index in [1.807, 2.05) is 0 Å². The Morgan fingerprint density at radius 1 is 1.23 bits per heavy atom. The maximum absolute atomic E-state index is 12.2. The van der Waals surface area contributed by atoms with Gasteiger partial charge in [0.25, 0.3) is 0 Å². The number of halogens is 1. The molecule has 0 saturated heterocycles. The van der Waals surface area contributed by atoms with Gasteiger partial charge in [-0.25, -0.2) is 4.79 Å². The van der Waals surface area contributed by atoms with Crippen LogP contribution in [0.4, 0.5) is 5.69 Å². The summed E-state index contributed by atoms with van der Waals surface area (Å²) in [6.07, 6.45) is 2.76. The largest absolute Gasteiger partial charge is 0.454 e. The molecule has 2 aromatic rings.